The number of ether oxygens (including phenoxy) is 1. The monoisotopic (exact) mass is 225 g/mol. The molecule has 0 saturated heterocycles. The van der Waals surface area contributed by atoms with Gasteiger partial charge in [0.05, 0.1) is 5.69 Å². The largest absolute Gasteiger partial charge is 0.463 e. The summed E-state index contributed by atoms with van der Waals surface area (Å²) in [6.07, 6.45) is 0. The van der Waals surface area contributed by atoms with Crippen LogP contribution in [-0.4, -0.2) is 12.6 Å². The van der Waals surface area contributed by atoms with Crippen molar-refractivity contribution in [3.05, 3.63) is 23.1 Å². The number of nitrogens with one attached hydrogen (secondary N) is 1. The molecule has 6 heteroatoms. The fourth-order valence-corrected chi connectivity index (χ4v) is 1.01. The first-order chi connectivity index (χ1) is 7.67. The lowest BCUT2D eigenvalue weighted by molar-refractivity contribution is 0.192. The van der Waals surface area contributed by atoms with Crippen LogP contribution in [-0.2, 0) is 0 Å². The molecule has 5 nitrogen and oxygen atoms in total. The molecule has 0 heterocycles. The Balaban J connectivity index is 2.93. The predicted octanol–water partition coefficient (Wildman–Crippen LogP) is 3.20. The number of hydrogen-bond acceptors (Lipinski definition) is 5. The molecule has 0 aliphatic heterocycles. The van der Waals surface area contributed by atoms with Crippen molar-refractivity contribution >= 4 is 17.1 Å². The maximum atomic E-state index is 11.9. The standard InChI is InChI=1S/C10H12FN3O2/c1-7(2)12-13-9-4-3-8(16-6-11)5-10(9)14-15/h3-5,13H,6H2,1-2H3. The van der Waals surface area contributed by atoms with Gasteiger partial charge in [-0.1, -0.05) is 0 Å². The van der Waals surface area contributed by atoms with Crippen LogP contribution in [0.2, 0.25) is 0 Å². The quantitative estimate of drug-likeness (QED) is 0.475. The number of hydrogen-bond donors (Lipinski definition) is 1. The van der Waals surface area contributed by atoms with E-state index in [1.807, 2.05) is 13.8 Å². The molecule has 86 valence electrons. The van der Waals surface area contributed by atoms with Gasteiger partial charge in [0.15, 0.2) is 0 Å². The van der Waals surface area contributed by atoms with E-state index in [0.29, 0.717) is 5.69 Å². The number of nitroso groups, excluding NO2 is 1. The molecule has 0 atom stereocenters. The number of nitrogens with zero attached hydrogens (tertiary/aromatic N) is 2. The Morgan fingerprint density at radius 3 is 2.81 bits per heavy atom. The van der Waals surface area contributed by atoms with E-state index < -0.39 is 6.86 Å². The minimum atomic E-state index is -0.947. The van der Waals surface area contributed by atoms with Gasteiger partial charge in [-0.3, -0.25) is 5.43 Å². The van der Waals surface area contributed by atoms with Gasteiger partial charge >= 0.3 is 0 Å². The molecule has 1 N–H and O–H groups in total. The molecule has 16 heavy (non-hydrogen) atoms. The zero-order chi connectivity index (χ0) is 12.0. The second-order valence-electron chi connectivity index (χ2n) is 3.19. The lowest BCUT2D eigenvalue weighted by Crippen LogP contribution is -1.94. The van der Waals surface area contributed by atoms with Crippen molar-refractivity contribution in [2.45, 2.75) is 13.8 Å². The molecule has 0 aromatic heterocycles. The Bertz CT molecular complexity index is 403. The Kier molecular flexibility index (Phi) is 4.38. The molecule has 0 spiro atoms. The van der Waals surface area contributed by atoms with Crippen LogP contribution in [0.25, 0.3) is 0 Å². The third-order valence-corrected chi connectivity index (χ3v) is 1.69. The van der Waals surface area contributed by atoms with Crippen molar-refractivity contribution in [3.63, 3.8) is 0 Å². The average molecular weight is 225 g/mol. The first-order valence-corrected chi connectivity index (χ1v) is 4.60. The van der Waals surface area contributed by atoms with Gasteiger partial charge in [-0.25, -0.2) is 4.39 Å². The Hall–Kier alpha value is -1.98. The van der Waals surface area contributed by atoms with Crippen molar-refractivity contribution in [3.8, 4) is 5.75 Å². The molecule has 0 aliphatic rings. The molecule has 1 rings (SSSR count). The van der Waals surface area contributed by atoms with Gasteiger partial charge in [-0.2, -0.15) is 5.10 Å². The second-order valence-corrected chi connectivity index (χ2v) is 3.19. The van der Waals surface area contributed by atoms with Crippen LogP contribution in [0, 0.1) is 4.91 Å². The van der Waals surface area contributed by atoms with Crippen LogP contribution in [0.1, 0.15) is 13.8 Å². The number of hydrazone groups is 1. The maximum absolute atomic E-state index is 11.9. The molecule has 0 saturated carbocycles. The summed E-state index contributed by atoms with van der Waals surface area (Å²) in [6, 6.07) is 4.42. The molecule has 1 aromatic rings. The zero-order valence-electron chi connectivity index (χ0n) is 9.03. The number of benzene rings is 1. The van der Waals surface area contributed by atoms with E-state index in [4.69, 9.17) is 0 Å². The number of alkyl halides is 1. The lowest BCUT2D eigenvalue weighted by Gasteiger charge is -2.06. The van der Waals surface area contributed by atoms with Crippen molar-refractivity contribution in [2.75, 3.05) is 12.3 Å². The van der Waals surface area contributed by atoms with Crippen molar-refractivity contribution in [2.24, 2.45) is 10.3 Å². The van der Waals surface area contributed by atoms with E-state index >= 15 is 0 Å². The van der Waals surface area contributed by atoms with Gasteiger partial charge in [0.25, 0.3) is 0 Å². The zero-order valence-corrected chi connectivity index (χ0v) is 9.03. The fourth-order valence-electron chi connectivity index (χ4n) is 1.01. The van der Waals surface area contributed by atoms with Gasteiger partial charge in [0.2, 0.25) is 6.86 Å². The summed E-state index contributed by atoms with van der Waals surface area (Å²) in [5.41, 5.74) is 4.05. The Morgan fingerprint density at radius 1 is 1.50 bits per heavy atom. The van der Waals surface area contributed by atoms with Gasteiger partial charge in [-0.05, 0) is 31.2 Å². The van der Waals surface area contributed by atoms with Gasteiger partial charge in [-0.15, -0.1) is 4.91 Å². The smallest absolute Gasteiger partial charge is 0.228 e. The first kappa shape index (κ1) is 12.1. The molecule has 0 unspecified atom stereocenters. The minimum absolute atomic E-state index is 0.121. The van der Waals surface area contributed by atoms with E-state index in [1.165, 1.54) is 12.1 Å². The molecular weight excluding hydrogens is 213 g/mol. The lowest BCUT2D eigenvalue weighted by atomic mass is 10.2. The molecule has 0 fully saturated rings. The van der Waals surface area contributed by atoms with E-state index in [2.05, 4.69) is 20.4 Å². The highest BCUT2D eigenvalue weighted by Crippen LogP contribution is 2.29. The Labute approximate surface area is 92.3 Å². The normalized spacial score (nSPS) is 9.44. The SMILES string of the molecule is CC(C)=NNc1ccc(OCF)cc1N=O. The number of halogens is 1. The summed E-state index contributed by atoms with van der Waals surface area (Å²) >= 11 is 0. The first-order valence-electron chi connectivity index (χ1n) is 4.60. The summed E-state index contributed by atoms with van der Waals surface area (Å²) < 4.78 is 16.5. The summed E-state index contributed by atoms with van der Waals surface area (Å²) in [4.78, 5) is 10.5. The average Bonchev–Trinajstić information content (AvgIpc) is 2.27. The van der Waals surface area contributed by atoms with E-state index in [9.17, 15) is 9.30 Å². The van der Waals surface area contributed by atoms with E-state index in [-0.39, 0.29) is 11.4 Å². The highest BCUT2D eigenvalue weighted by molar-refractivity contribution is 5.80. The summed E-state index contributed by atoms with van der Waals surface area (Å²) in [5.74, 6) is 0.250. The number of rotatable bonds is 5. The maximum Gasteiger partial charge on any atom is 0.228 e. The van der Waals surface area contributed by atoms with Crippen molar-refractivity contribution in [1.82, 2.24) is 0 Å². The molecule has 0 amide bonds. The fraction of sp³-hybridized carbons (Fsp3) is 0.300. The van der Waals surface area contributed by atoms with Crippen molar-refractivity contribution < 1.29 is 9.13 Å². The van der Waals surface area contributed by atoms with Crippen LogP contribution in [0.3, 0.4) is 0 Å². The third kappa shape index (κ3) is 3.30. The van der Waals surface area contributed by atoms with Gasteiger partial charge in [0.1, 0.15) is 11.4 Å². The highest BCUT2D eigenvalue weighted by atomic mass is 19.1. The van der Waals surface area contributed by atoms with E-state index in [0.717, 1.165) is 5.71 Å². The third-order valence-electron chi connectivity index (χ3n) is 1.69. The molecule has 1 aromatic carbocycles. The van der Waals surface area contributed by atoms with Crippen LogP contribution in [0.15, 0.2) is 28.5 Å². The van der Waals surface area contributed by atoms with E-state index in [1.54, 1.807) is 6.07 Å². The molecule has 0 aliphatic carbocycles. The van der Waals surface area contributed by atoms with Crippen LogP contribution < -0.4 is 10.2 Å². The number of anilines is 1. The summed E-state index contributed by atoms with van der Waals surface area (Å²) in [5, 5.41) is 6.74. The topological polar surface area (TPSA) is 63.1 Å². The minimum Gasteiger partial charge on any atom is -0.463 e. The van der Waals surface area contributed by atoms with Crippen LogP contribution in [0.4, 0.5) is 15.8 Å². The predicted molar refractivity (Wildman–Crippen MR) is 60.9 cm³/mol. The summed E-state index contributed by atoms with van der Waals surface area (Å²) in [6.45, 7) is 2.67. The van der Waals surface area contributed by atoms with Crippen molar-refractivity contribution in [1.29, 1.82) is 0 Å². The second kappa shape index (κ2) is 5.79. The molecular formula is C10H12FN3O2. The van der Waals surface area contributed by atoms with Gasteiger partial charge < -0.3 is 4.74 Å². The molecule has 0 bridgehead atoms. The van der Waals surface area contributed by atoms with Crippen LogP contribution in [0.5, 0.6) is 5.75 Å². The van der Waals surface area contributed by atoms with Gasteiger partial charge in [0, 0.05) is 11.8 Å². The summed E-state index contributed by atoms with van der Waals surface area (Å²) in [7, 11) is 0. The highest BCUT2D eigenvalue weighted by Gasteiger charge is 2.04. The Morgan fingerprint density at radius 2 is 2.25 bits per heavy atom. The molecule has 0 radical (unpaired) electrons. The van der Waals surface area contributed by atoms with Crippen LogP contribution >= 0.6 is 0 Å².